The minimum atomic E-state index is -0.525. The molecule has 0 amide bonds. The Morgan fingerprint density at radius 3 is 2.40 bits per heavy atom. The summed E-state index contributed by atoms with van der Waals surface area (Å²) in [6.07, 6.45) is 1.56. The van der Waals surface area contributed by atoms with Gasteiger partial charge in [0.1, 0.15) is 5.75 Å². The van der Waals surface area contributed by atoms with Crippen molar-refractivity contribution in [1.29, 1.82) is 0 Å². The van der Waals surface area contributed by atoms with Crippen LogP contribution >= 0.6 is 12.4 Å². The van der Waals surface area contributed by atoms with Crippen molar-refractivity contribution in [3.05, 3.63) is 29.8 Å². The van der Waals surface area contributed by atoms with Gasteiger partial charge >= 0.3 is 0 Å². The lowest BCUT2D eigenvalue weighted by molar-refractivity contribution is 0.121. The summed E-state index contributed by atoms with van der Waals surface area (Å²) in [6.45, 7) is 0. The van der Waals surface area contributed by atoms with Gasteiger partial charge in [-0.25, -0.2) is 0 Å². The molecule has 4 N–H and O–H groups in total. The van der Waals surface area contributed by atoms with Gasteiger partial charge in [0.05, 0.1) is 12.1 Å². The molecule has 0 heterocycles. The average Bonchev–Trinajstić information content (AvgIpc) is 3.00. The highest BCUT2D eigenvalue weighted by molar-refractivity contribution is 5.85. The van der Waals surface area contributed by atoms with Crippen LogP contribution in [0.2, 0.25) is 0 Å². The van der Waals surface area contributed by atoms with Crippen molar-refractivity contribution < 1.29 is 10.2 Å². The van der Waals surface area contributed by atoms with Gasteiger partial charge in [0, 0.05) is 5.56 Å². The van der Waals surface area contributed by atoms with Crippen LogP contribution in [0.1, 0.15) is 24.4 Å². The van der Waals surface area contributed by atoms with Crippen LogP contribution in [0.25, 0.3) is 0 Å². The van der Waals surface area contributed by atoms with Crippen LogP contribution < -0.4 is 5.73 Å². The molecule has 4 heteroatoms. The Bertz CT molecular complexity index is 328. The van der Waals surface area contributed by atoms with Crippen molar-refractivity contribution in [1.82, 2.24) is 0 Å². The first-order valence-electron chi connectivity index (χ1n) is 4.91. The van der Waals surface area contributed by atoms with Crippen LogP contribution in [0.5, 0.6) is 5.75 Å². The van der Waals surface area contributed by atoms with E-state index in [9.17, 15) is 10.2 Å². The van der Waals surface area contributed by atoms with Crippen molar-refractivity contribution in [2.45, 2.75) is 25.0 Å². The van der Waals surface area contributed by atoms with Gasteiger partial charge in [0.2, 0.25) is 0 Å². The highest BCUT2D eigenvalue weighted by Crippen LogP contribution is 2.38. The molecule has 0 unspecified atom stereocenters. The lowest BCUT2D eigenvalue weighted by Crippen LogP contribution is -2.27. The summed E-state index contributed by atoms with van der Waals surface area (Å²) < 4.78 is 0. The summed E-state index contributed by atoms with van der Waals surface area (Å²) in [7, 11) is 0. The molecule has 3 nitrogen and oxygen atoms in total. The summed E-state index contributed by atoms with van der Waals surface area (Å²) in [4.78, 5) is 0. The van der Waals surface area contributed by atoms with Crippen molar-refractivity contribution in [3.63, 3.8) is 0 Å². The lowest BCUT2D eigenvalue weighted by atomic mass is 9.98. The predicted molar refractivity (Wildman–Crippen MR) is 61.0 cm³/mol. The molecule has 0 spiro atoms. The summed E-state index contributed by atoms with van der Waals surface area (Å²) in [5.74, 6) is 0.490. The zero-order valence-electron chi connectivity index (χ0n) is 8.34. The van der Waals surface area contributed by atoms with Crippen LogP contribution in [0.15, 0.2) is 24.3 Å². The van der Waals surface area contributed by atoms with Crippen LogP contribution in [0, 0.1) is 5.92 Å². The van der Waals surface area contributed by atoms with Gasteiger partial charge in [-0.2, -0.15) is 0 Å². The average molecular weight is 230 g/mol. The highest BCUT2D eigenvalue weighted by Gasteiger charge is 2.34. The maximum atomic E-state index is 9.80. The molecular formula is C11H16ClNO2. The van der Waals surface area contributed by atoms with Gasteiger partial charge in [-0.3, -0.25) is 0 Å². The molecular weight excluding hydrogens is 214 g/mol. The van der Waals surface area contributed by atoms with E-state index >= 15 is 0 Å². The van der Waals surface area contributed by atoms with Crippen LogP contribution in [0.3, 0.4) is 0 Å². The summed E-state index contributed by atoms with van der Waals surface area (Å²) >= 11 is 0. The Kier molecular flexibility index (Phi) is 3.97. The van der Waals surface area contributed by atoms with Crippen LogP contribution in [-0.2, 0) is 0 Å². The molecule has 15 heavy (non-hydrogen) atoms. The number of hydrogen-bond donors (Lipinski definition) is 3. The molecule has 1 aromatic rings. The fourth-order valence-electron chi connectivity index (χ4n) is 1.68. The number of nitrogens with two attached hydrogens (primary N) is 1. The van der Waals surface area contributed by atoms with Gasteiger partial charge in [0.25, 0.3) is 0 Å². The number of aliphatic hydroxyl groups excluding tert-OH is 1. The van der Waals surface area contributed by atoms with Crippen molar-refractivity contribution >= 4 is 12.4 Å². The number of benzene rings is 1. The topological polar surface area (TPSA) is 66.5 Å². The smallest absolute Gasteiger partial charge is 0.120 e. The third kappa shape index (κ3) is 2.62. The first-order valence-corrected chi connectivity index (χ1v) is 4.91. The fraction of sp³-hybridized carbons (Fsp3) is 0.455. The Hall–Kier alpha value is -0.770. The van der Waals surface area contributed by atoms with Crippen molar-refractivity contribution in [2.75, 3.05) is 0 Å². The molecule has 2 atom stereocenters. The summed E-state index contributed by atoms with van der Waals surface area (Å²) in [6, 6.07) is 6.44. The number of hydrogen-bond acceptors (Lipinski definition) is 3. The van der Waals surface area contributed by atoms with E-state index in [0.29, 0.717) is 11.5 Å². The Morgan fingerprint density at radius 2 is 1.87 bits per heavy atom. The third-order valence-electron chi connectivity index (χ3n) is 2.77. The molecule has 0 radical (unpaired) electrons. The monoisotopic (exact) mass is 229 g/mol. The largest absolute Gasteiger partial charge is 0.508 e. The maximum Gasteiger partial charge on any atom is 0.120 e. The molecule has 84 valence electrons. The van der Waals surface area contributed by atoms with Gasteiger partial charge < -0.3 is 15.9 Å². The maximum absolute atomic E-state index is 9.80. The second-order valence-corrected chi connectivity index (χ2v) is 3.91. The van der Waals surface area contributed by atoms with E-state index in [1.54, 1.807) is 18.2 Å². The molecule has 0 saturated heterocycles. The number of aromatic hydroxyl groups is 1. The van der Waals surface area contributed by atoms with E-state index in [1.165, 1.54) is 0 Å². The van der Waals surface area contributed by atoms with E-state index in [0.717, 1.165) is 12.8 Å². The van der Waals surface area contributed by atoms with Crippen LogP contribution in [-0.4, -0.2) is 16.3 Å². The second kappa shape index (κ2) is 4.84. The summed E-state index contributed by atoms with van der Waals surface area (Å²) in [5.41, 5.74) is 6.50. The molecule has 0 aromatic heterocycles. The van der Waals surface area contributed by atoms with E-state index in [-0.39, 0.29) is 18.2 Å². The van der Waals surface area contributed by atoms with Crippen molar-refractivity contribution in [2.24, 2.45) is 11.7 Å². The Labute approximate surface area is 95.3 Å². The van der Waals surface area contributed by atoms with Gasteiger partial charge in [-0.05, 0) is 24.8 Å². The highest BCUT2D eigenvalue weighted by atomic mass is 35.5. The minimum Gasteiger partial charge on any atom is -0.508 e. The number of phenols is 1. The molecule has 0 bridgehead atoms. The number of aliphatic hydroxyl groups is 1. The molecule has 0 aliphatic heterocycles. The Balaban J connectivity index is 0.00000112. The second-order valence-electron chi connectivity index (χ2n) is 3.91. The first-order chi connectivity index (χ1) is 6.70. The molecule has 1 saturated carbocycles. The molecule has 1 aliphatic carbocycles. The number of phenolic OH excluding ortho intramolecular Hbond substituents is 1. The number of rotatable bonds is 3. The number of para-hydroxylation sites is 1. The quantitative estimate of drug-likeness (QED) is 0.738. The molecule has 1 aliphatic rings. The van der Waals surface area contributed by atoms with E-state index in [2.05, 4.69) is 0 Å². The van der Waals surface area contributed by atoms with Crippen LogP contribution in [0.4, 0.5) is 0 Å². The Morgan fingerprint density at radius 1 is 1.27 bits per heavy atom. The SMILES string of the molecule is Cl.N[C@@H](c1ccccc1O)[C@H](O)C1CC1. The first kappa shape index (κ1) is 12.3. The number of halogens is 1. The fourth-order valence-corrected chi connectivity index (χ4v) is 1.68. The summed E-state index contributed by atoms with van der Waals surface area (Å²) in [5, 5.41) is 19.3. The van der Waals surface area contributed by atoms with E-state index < -0.39 is 12.1 Å². The van der Waals surface area contributed by atoms with Gasteiger partial charge in [-0.1, -0.05) is 18.2 Å². The molecule has 2 rings (SSSR count). The van der Waals surface area contributed by atoms with E-state index in [4.69, 9.17) is 5.73 Å². The van der Waals surface area contributed by atoms with Gasteiger partial charge in [-0.15, -0.1) is 12.4 Å². The third-order valence-corrected chi connectivity index (χ3v) is 2.77. The molecule has 1 fully saturated rings. The van der Waals surface area contributed by atoms with E-state index in [1.807, 2.05) is 6.07 Å². The minimum absolute atomic E-state index is 0. The molecule has 1 aromatic carbocycles. The standard InChI is InChI=1S/C11H15NO2.ClH/c12-10(11(14)7-5-6-7)8-3-1-2-4-9(8)13;/h1-4,7,10-11,13-14H,5-6,12H2;1H/t10-,11+;/m0./s1. The lowest BCUT2D eigenvalue weighted by Gasteiger charge is -2.19. The zero-order valence-corrected chi connectivity index (χ0v) is 9.15. The van der Waals surface area contributed by atoms with Gasteiger partial charge in [0.15, 0.2) is 0 Å². The predicted octanol–water partition coefficient (Wildman–Crippen LogP) is 1.58. The zero-order chi connectivity index (χ0) is 10.1. The normalized spacial score (nSPS) is 19.1. The van der Waals surface area contributed by atoms with Crippen molar-refractivity contribution in [3.8, 4) is 5.75 Å².